The maximum Gasteiger partial charge on any atom is 0.0587 e. The third kappa shape index (κ3) is 5.17. The average molecular weight is 296 g/mol. The number of rotatable bonds is 8. The molecule has 2 heterocycles. The van der Waals surface area contributed by atoms with Crippen LogP contribution in [0.25, 0.3) is 0 Å². The molecule has 20 heavy (non-hydrogen) atoms. The van der Waals surface area contributed by atoms with Crippen molar-refractivity contribution in [2.45, 2.75) is 32.7 Å². The minimum atomic E-state index is 0.816. The molecule has 0 aliphatic carbocycles. The van der Waals surface area contributed by atoms with Crippen LogP contribution in [0.5, 0.6) is 0 Å². The summed E-state index contributed by atoms with van der Waals surface area (Å²) in [6, 6.07) is 4.59. The van der Waals surface area contributed by atoms with Gasteiger partial charge in [0.1, 0.15) is 0 Å². The number of ether oxygens (including phenoxy) is 1. The fraction of sp³-hybridized carbons (Fsp3) is 0.750. The fourth-order valence-corrected chi connectivity index (χ4v) is 3.75. The van der Waals surface area contributed by atoms with Crippen molar-refractivity contribution in [1.82, 2.24) is 10.2 Å². The molecule has 0 amide bonds. The minimum absolute atomic E-state index is 0.816. The second kappa shape index (κ2) is 8.78. The summed E-state index contributed by atoms with van der Waals surface area (Å²) in [4.78, 5) is 5.65. The van der Waals surface area contributed by atoms with Crippen LogP contribution < -0.4 is 5.32 Å². The average Bonchev–Trinajstić information content (AvgIpc) is 2.93. The molecule has 4 heteroatoms. The standard InChI is InChI=1S/C16H28N2OS/c1-3-15-4-5-16(20-15)13-18-9-6-14(7-10-18)12-17-8-11-19-2/h4-5,14,17H,3,6-13H2,1-2H3. The lowest BCUT2D eigenvalue weighted by molar-refractivity contribution is 0.169. The molecule has 1 aliphatic rings. The molecule has 0 atom stereocenters. The van der Waals surface area contributed by atoms with Gasteiger partial charge < -0.3 is 10.1 Å². The molecule has 2 rings (SSSR count). The maximum atomic E-state index is 5.06. The van der Waals surface area contributed by atoms with Gasteiger partial charge in [0, 0.05) is 30.0 Å². The lowest BCUT2D eigenvalue weighted by Crippen LogP contribution is -2.37. The number of aryl methyl sites for hydroxylation is 1. The molecule has 114 valence electrons. The lowest BCUT2D eigenvalue weighted by Gasteiger charge is -2.31. The zero-order valence-corrected chi connectivity index (χ0v) is 13.7. The van der Waals surface area contributed by atoms with Gasteiger partial charge in [0.05, 0.1) is 6.61 Å². The van der Waals surface area contributed by atoms with Crippen LogP contribution in [-0.2, 0) is 17.7 Å². The molecule has 1 N–H and O–H groups in total. The van der Waals surface area contributed by atoms with E-state index in [-0.39, 0.29) is 0 Å². The summed E-state index contributed by atoms with van der Waals surface area (Å²) >= 11 is 1.98. The SMILES string of the molecule is CCc1ccc(CN2CCC(CNCCOC)CC2)s1. The molecule has 0 saturated carbocycles. The van der Waals surface area contributed by atoms with Crippen LogP contribution in [0.4, 0.5) is 0 Å². The van der Waals surface area contributed by atoms with Gasteiger partial charge in [0.15, 0.2) is 0 Å². The number of methoxy groups -OCH3 is 1. The van der Waals surface area contributed by atoms with Gasteiger partial charge in [-0.25, -0.2) is 0 Å². The molecule has 3 nitrogen and oxygen atoms in total. The van der Waals surface area contributed by atoms with Gasteiger partial charge in [-0.2, -0.15) is 0 Å². The Kier molecular flexibility index (Phi) is 7.00. The highest BCUT2D eigenvalue weighted by atomic mass is 32.1. The summed E-state index contributed by atoms with van der Waals surface area (Å²) in [6.45, 7) is 8.82. The second-order valence-electron chi connectivity index (χ2n) is 5.64. The van der Waals surface area contributed by atoms with Crippen LogP contribution in [0.3, 0.4) is 0 Å². The van der Waals surface area contributed by atoms with Gasteiger partial charge in [-0.3, -0.25) is 4.90 Å². The smallest absolute Gasteiger partial charge is 0.0587 e. The highest BCUT2D eigenvalue weighted by molar-refractivity contribution is 7.11. The van der Waals surface area contributed by atoms with E-state index in [1.807, 2.05) is 11.3 Å². The third-order valence-corrected chi connectivity index (χ3v) is 5.28. The zero-order valence-electron chi connectivity index (χ0n) is 12.9. The highest BCUT2D eigenvalue weighted by Gasteiger charge is 2.19. The zero-order chi connectivity index (χ0) is 14.2. The van der Waals surface area contributed by atoms with Gasteiger partial charge >= 0.3 is 0 Å². The summed E-state index contributed by atoms with van der Waals surface area (Å²) < 4.78 is 5.06. The van der Waals surface area contributed by atoms with E-state index in [2.05, 4.69) is 29.3 Å². The number of piperidine rings is 1. The molecule has 1 aliphatic heterocycles. The van der Waals surface area contributed by atoms with Crippen LogP contribution in [0.2, 0.25) is 0 Å². The normalized spacial score (nSPS) is 17.7. The number of thiophene rings is 1. The summed E-state index contributed by atoms with van der Waals surface area (Å²) in [7, 11) is 1.76. The molecule has 1 aromatic rings. The Hall–Kier alpha value is -0.420. The molecule has 0 aromatic carbocycles. The summed E-state index contributed by atoms with van der Waals surface area (Å²) in [6.07, 6.45) is 3.82. The van der Waals surface area contributed by atoms with E-state index in [0.29, 0.717) is 0 Å². The molecule has 0 spiro atoms. The maximum absolute atomic E-state index is 5.06. The topological polar surface area (TPSA) is 24.5 Å². The first-order valence-electron chi connectivity index (χ1n) is 7.81. The monoisotopic (exact) mass is 296 g/mol. The van der Waals surface area contributed by atoms with Crippen molar-refractivity contribution in [2.75, 3.05) is 39.9 Å². The van der Waals surface area contributed by atoms with Crippen LogP contribution >= 0.6 is 11.3 Å². The quantitative estimate of drug-likeness (QED) is 0.747. The summed E-state index contributed by atoms with van der Waals surface area (Å²) in [5.74, 6) is 0.845. The number of nitrogens with one attached hydrogen (secondary N) is 1. The van der Waals surface area contributed by atoms with E-state index in [4.69, 9.17) is 4.74 Å². The Balaban J connectivity index is 1.63. The summed E-state index contributed by atoms with van der Waals surface area (Å²) in [5, 5.41) is 3.49. The Morgan fingerprint density at radius 1 is 1.30 bits per heavy atom. The number of nitrogens with zero attached hydrogens (tertiary/aromatic N) is 1. The van der Waals surface area contributed by atoms with E-state index < -0.39 is 0 Å². The first kappa shape index (κ1) is 16.0. The molecule has 1 aromatic heterocycles. The van der Waals surface area contributed by atoms with Crippen molar-refractivity contribution in [3.63, 3.8) is 0 Å². The van der Waals surface area contributed by atoms with E-state index in [9.17, 15) is 0 Å². The first-order chi connectivity index (χ1) is 9.81. The van der Waals surface area contributed by atoms with Crippen molar-refractivity contribution in [3.05, 3.63) is 21.9 Å². The van der Waals surface area contributed by atoms with Crippen molar-refractivity contribution < 1.29 is 4.74 Å². The Bertz CT molecular complexity index is 372. The van der Waals surface area contributed by atoms with E-state index in [0.717, 1.165) is 32.2 Å². The molecular formula is C16H28N2OS. The molecule has 1 fully saturated rings. The highest BCUT2D eigenvalue weighted by Crippen LogP contribution is 2.22. The van der Waals surface area contributed by atoms with Gasteiger partial charge in [0.25, 0.3) is 0 Å². The van der Waals surface area contributed by atoms with Gasteiger partial charge in [-0.05, 0) is 56.9 Å². The molecule has 1 saturated heterocycles. The van der Waals surface area contributed by atoms with Crippen molar-refractivity contribution in [3.8, 4) is 0 Å². The number of hydrogen-bond donors (Lipinski definition) is 1. The molecular weight excluding hydrogens is 268 g/mol. The minimum Gasteiger partial charge on any atom is -0.383 e. The van der Waals surface area contributed by atoms with E-state index in [1.165, 1.54) is 42.1 Å². The van der Waals surface area contributed by atoms with Crippen LogP contribution in [-0.4, -0.2) is 44.8 Å². The van der Waals surface area contributed by atoms with E-state index >= 15 is 0 Å². The number of likely N-dealkylation sites (tertiary alicyclic amines) is 1. The van der Waals surface area contributed by atoms with E-state index in [1.54, 1.807) is 7.11 Å². The van der Waals surface area contributed by atoms with Crippen LogP contribution in [0, 0.1) is 5.92 Å². The molecule has 0 unspecified atom stereocenters. The Morgan fingerprint density at radius 3 is 2.70 bits per heavy atom. The first-order valence-corrected chi connectivity index (χ1v) is 8.63. The van der Waals surface area contributed by atoms with Gasteiger partial charge in [-0.15, -0.1) is 11.3 Å². The third-order valence-electron chi connectivity index (χ3n) is 4.07. The van der Waals surface area contributed by atoms with Crippen molar-refractivity contribution in [1.29, 1.82) is 0 Å². The van der Waals surface area contributed by atoms with Crippen LogP contribution in [0.15, 0.2) is 12.1 Å². The Morgan fingerprint density at radius 2 is 2.05 bits per heavy atom. The van der Waals surface area contributed by atoms with Gasteiger partial charge in [-0.1, -0.05) is 6.92 Å². The lowest BCUT2D eigenvalue weighted by atomic mass is 9.97. The predicted octanol–water partition coefficient (Wildman–Crippen LogP) is 2.76. The predicted molar refractivity (Wildman–Crippen MR) is 86.4 cm³/mol. The largest absolute Gasteiger partial charge is 0.383 e. The Labute approximate surface area is 127 Å². The van der Waals surface area contributed by atoms with Crippen molar-refractivity contribution >= 4 is 11.3 Å². The molecule has 0 radical (unpaired) electrons. The number of hydrogen-bond acceptors (Lipinski definition) is 4. The fourth-order valence-electron chi connectivity index (χ4n) is 2.75. The second-order valence-corrected chi connectivity index (χ2v) is 6.89. The van der Waals surface area contributed by atoms with Gasteiger partial charge in [0.2, 0.25) is 0 Å². The summed E-state index contributed by atoms with van der Waals surface area (Å²) in [5.41, 5.74) is 0. The van der Waals surface area contributed by atoms with Crippen LogP contribution in [0.1, 0.15) is 29.5 Å². The molecule has 0 bridgehead atoms. The van der Waals surface area contributed by atoms with Crippen molar-refractivity contribution in [2.24, 2.45) is 5.92 Å².